The minimum Gasteiger partial charge on any atom is -0.395 e. The van der Waals surface area contributed by atoms with Gasteiger partial charge in [0.1, 0.15) is 0 Å². The molecule has 0 N–H and O–H groups in total. The van der Waals surface area contributed by atoms with Crippen LogP contribution < -0.4 is 0 Å². The zero-order valence-electron chi connectivity index (χ0n) is 14.7. The zero-order chi connectivity index (χ0) is 16.8. The smallest absolute Gasteiger partial charge is 0.305 e. The van der Waals surface area contributed by atoms with Crippen molar-refractivity contribution < 1.29 is 11.7 Å². The van der Waals surface area contributed by atoms with E-state index in [1.54, 1.807) is 0 Å². The number of rotatable bonds is 4. The Morgan fingerprint density at radius 3 is 2.71 bits per heavy atom. The lowest BCUT2D eigenvalue weighted by molar-refractivity contribution is 0.120. The van der Waals surface area contributed by atoms with Gasteiger partial charge in [0, 0.05) is 8.77 Å². The van der Waals surface area contributed by atoms with Gasteiger partial charge < -0.3 is 8.85 Å². The van der Waals surface area contributed by atoms with Crippen molar-refractivity contribution in [2.24, 2.45) is 11.8 Å². The average molecular weight is 345 g/mol. The lowest BCUT2D eigenvalue weighted by Crippen LogP contribution is -2.24. The maximum absolute atomic E-state index is 6.15. The average Bonchev–Trinajstić information content (AvgIpc) is 3.21. The Morgan fingerprint density at radius 2 is 1.83 bits per heavy atom. The predicted molar refractivity (Wildman–Crippen MR) is 107 cm³/mol. The summed E-state index contributed by atoms with van der Waals surface area (Å²) in [6.07, 6.45) is 17.4. The summed E-state index contributed by atoms with van der Waals surface area (Å²) in [6.45, 7) is 4.25. The summed E-state index contributed by atoms with van der Waals surface area (Å²) in [7, 11) is -0.944. The van der Waals surface area contributed by atoms with Gasteiger partial charge in [-0.25, -0.2) is 0 Å². The van der Waals surface area contributed by atoms with Crippen LogP contribution in [0.3, 0.4) is 0 Å². The Morgan fingerprint density at radius 1 is 1.04 bits per heavy atom. The van der Waals surface area contributed by atoms with Crippen molar-refractivity contribution in [2.75, 3.05) is 0 Å². The van der Waals surface area contributed by atoms with E-state index in [-0.39, 0.29) is 8.96 Å². The molecule has 132 valence electrons. The highest BCUT2D eigenvalue weighted by Crippen LogP contribution is 2.38. The molecule has 1 aromatic rings. The molecule has 3 aliphatic carbocycles. The van der Waals surface area contributed by atoms with E-state index < -0.39 is 10.0 Å². The van der Waals surface area contributed by atoms with Gasteiger partial charge in [-0.05, 0) is 29.9 Å². The van der Waals surface area contributed by atoms with E-state index in [0.717, 1.165) is 6.42 Å². The van der Waals surface area contributed by atoms with Gasteiger partial charge >= 0.3 is 10.0 Å². The SMILES string of the molecule is C1=CC2CCC(O[SiH2]OC3C=Cc4ccccc43)C2C=C1.CCC.[HH].[HH]. The molecule has 0 heterocycles. The Bertz CT molecular complexity index is 630. The summed E-state index contributed by atoms with van der Waals surface area (Å²) in [6, 6.07) is 8.43. The monoisotopic (exact) mass is 344 g/mol. The lowest BCUT2D eigenvalue weighted by atomic mass is 9.91. The first-order valence-corrected chi connectivity index (χ1v) is 10.3. The summed E-state index contributed by atoms with van der Waals surface area (Å²) in [5.41, 5.74) is 2.55. The highest BCUT2D eigenvalue weighted by Gasteiger charge is 2.34. The lowest BCUT2D eigenvalue weighted by Gasteiger charge is -2.23. The maximum Gasteiger partial charge on any atom is 0.305 e. The van der Waals surface area contributed by atoms with Crippen LogP contribution in [0.2, 0.25) is 0 Å². The number of fused-ring (bicyclic) bond motifs is 2. The van der Waals surface area contributed by atoms with Gasteiger partial charge in [-0.2, -0.15) is 0 Å². The van der Waals surface area contributed by atoms with E-state index >= 15 is 0 Å². The highest BCUT2D eigenvalue weighted by atomic mass is 28.3. The van der Waals surface area contributed by atoms with Crippen molar-refractivity contribution in [3.63, 3.8) is 0 Å². The van der Waals surface area contributed by atoms with Gasteiger partial charge in [-0.15, -0.1) is 0 Å². The van der Waals surface area contributed by atoms with Crippen molar-refractivity contribution in [3.8, 4) is 0 Å². The van der Waals surface area contributed by atoms with Crippen molar-refractivity contribution in [1.82, 2.24) is 0 Å². The second-order valence-electron chi connectivity index (χ2n) is 6.69. The Hall–Kier alpha value is -1.42. The number of allylic oxidation sites excluding steroid dienone is 3. The summed E-state index contributed by atoms with van der Waals surface area (Å²) in [4.78, 5) is 0. The Kier molecular flexibility index (Phi) is 6.24. The van der Waals surface area contributed by atoms with Crippen LogP contribution >= 0.6 is 0 Å². The molecule has 0 bridgehead atoms. The van der Waals surface area contributed by atoms with E-state index in [9.17, 15) is 0 Å². The molecule has 1 fully saturated rings. The van der Waals surface area contributed by atoms with Crippen LogP contribution in [0.5, 0.6) is 0 Å². The molecule has 2 nitrogen and oxygen atoms in total. The molecule has 0 radical (unpaired) electrons. The van der Waals surface area contributed by atoms with Crippen molar-refractivity contribution in [3.05, 3.63) is 65.8 Å². The standard InChI is InChI=1S/C18H20O2Si.C3H8.2H2/c1-3-7-15-13(5-1)9-11-17(15)19-21-20-18-12-10-14-6-2-4-8-16(14)18;1-3-2;;/h1-9,11,14,16-18H,10,12,21H2;3H2,1-2H3;2*1H. The van der Waals surface area contributed by atoms with E-state index in [4.69, 9.17) is 8.85 Å². The fourth-order valence-electron chi connectivity index (χ4n) is 3.66. The number of hydrogen-bond donors (Lipinski definition) is 0. The van der Waals surface area contributed by atoms with Crippen LogP contribution in [0.25, 0.3) is 6.08 Å². The third-order valence-corrected chi connectivity index (χ3v) is 5.85. The minimum atomic E-state index is -0.944. The predicted octanol–water partition coefficient (Wildman–Crippen LogP) is 5.22. The summed E-state index contributed by atoms with van der Waals surface area (Å²) < 4.78 is 12.2. The highest BCUT2D eigenvalue weighted by molar-refractivity contribution is 6.18. The van der Waals surface area contributed by atoms with Gasteiger partial charge in [0.2, 0.25) is 0 Å². The van der Waals surface area contributed by atoms with Gasteiger partial charge in [0.25, 0.3) is 0 Å². The molecule has 1 aromatic carbocycles. The van der Waals surface area contributed by atoms with Crippen molar-refractivity contribution in [2.45, 2.75) is 45.3 Å². The topological polar surface area (TPSA) is 18.5 Å². The molecule has 0 aromatic heterocycles. The summed E-state index contributed by atoms with van der Waals surface area (Å²) in [5.74, 6) is 1.25. The first-order valence-electron chi connectivity index (χ1n) is 9.18. The summed E-state index contributed by atoms with van der Waals surface area (Å²) >= 11 is 0. The fraction of sp³-hybridized carbons (Fsp3) is 0.429. The van der Waals surface area contributed by atoms with Crippen LogP contribution in [0, 0.1) is 11.8 Å². The largest absolute Gasteiger partial charge is 0.395 e. The van der Waals surface area contributed by atoms with Crippen LogP contribution in [0.15, 0.2) is 54.6 Å². The zero-order valence-corrected chi connectivity index (χ0v) is 16.1. The number of benzene rings is 1. The second-order valence-corrected chi connectivity index (χ2v) is 7.60. The quantitative estimate of drug-likeness (QED) is 0.698. The van der Waals surface area contributed by atoms with Gasteiger partial charge in [0.15, 0.2) is 0 Å². The van der Waals surface area contributed by atoms with Gasteiger partial charge in [-0.3, -0.25) is 0 Å². The minimum absolute atomic E-state index is 0. The molecule has 3 aliphatic rings. The Labute approximate surface area is 151 Å². The molecule has 4 atom stereocenters. The van der Waals surface area contributed by atoms with Crippen LogP contribution in [-0.2, 0) is 8.85 Å². The first-order chi connectivity index (χ1) is 11.8. The van der Waals surface area contributed by atoms with Gasteiger partial charge in [-0.1, -0.05) is 81.0 Å². The van der Waals surface area contributed by atoms with Crippen LogP contribution in [0.4, 0.5) is 0 Å². The van der Waals surface area contributed by atoms with E-state index in [0.29, 0.717) is 17.9 Å². The van der Waals surface area contributed by atoms with E-state index in [1.165, 1.54) is 24.0 Å². The third-order valence-electron chi connectivity index (χ3n) is 4.79. The molecule has 0 spiro atoms. The molecule has 24 heavy (non-hydrogen) atoms. The molecular formula is C21H32O2Si. The molecule has 4 rings (SSSR count). The number of hydrogen-bond acceptors (Lipinski definition) is 2. The normalized spacial score (nSPS) is 29.6. The molecule has 1 saturated carbocycles. The second kappa shape index (κ2) is 8.61. The van der Waals surface area contributed by atoms with E-state index in [2.05, 4.69) is 74.6 Å². The molecule has 4 unspecified atom stereocenters. The molecule has 0 amide bonds. The maximum atomic E-state index is 6.15. The molecular weight excluding hydrogens is 312 g/mol. The molecule has 3 heteroatoms. The fourth-order valence-corrected chi connectivity index (χ4v) is 4.74. The van der Waals surface area contributed by atoms with Crippen molar-refractivity contribution in [1.29, 1.82) is 0 Å². The third kappa shape index (κ3) is 3.97. The van der Waals surface area contributed by atoms with E-state index in [1.807, 2.05) is 0 Å². The molecule has 0 aliphatic heterocycles. The van der Waals surface area contributed by atoms with Crippen LogP contribution in [-0.4, -0.2) is 16.1 Å². The summed E-state index contributed by atoms with van der Waals surface area (Å²) in [5, 5.41) is 0. The molecule has 0 saturated heterocycles. The van der Waals surface area contributed by atoms with Crippen LogP contribution in [0.1, 0.15) is 53.2 Å². The van der Waals surface area contributed by atoms with Gasteiger partial charge in [0.05, 0.1) is 12.2 Å². The Balaban J connectivity index is 0.000000635. The first kappa shape index (κ1) is 17.4. The van der Waals surface area contributed by atoms with Crippen molar-refractivity contribution >= 4 is 16.1 Å².